The average molecular weight is 273 g/mol. The zero-order valence-corrected chi connectivity index (χ0v) is 11.9. The highest BCUT2D eigenvalue weighted by Gasteiger charge is 2.21. The number of aromatic nitrogens is 3. The van der Waals surface area contributed by atoms with Gasteiger partial charge in [-0.3, -0.25) is 0 Å². The van der Waals surface area contributed by atoms with Gasteiger partial charge in [0.15, 0.2) is 5.69 Å². The molecule has 0 aliphatic carbocycles. The maximum Gasteiger partial charge on any atom is 0.361 e. The SMILES string of the molecule is CCCCn1nnc(C(=O)OCC)c1-c1ccccc1. The van der Waals surface area contributed by atoms with Crippen molar-refractivity contribution in [1.29, 1.82) is 0 Å². The van der Waals surface area contributed by atoms with Crippen LogP contribution in [0.3, 0.4) is 0 Å². The van der Waals surface area contributed by atoms with Crippen molar-refractivity contribution in [2.24, 2.45) is 0 Å². The molecule has 0 unspecified atom stereocenters. The van der Waals surface area contributed by atoms with Crippen LogP contribution in [0.15, 0.2) is 30.3 Å². The Morgan fingerprint density at radius 3 is 2.65 bits per heavy atom. The van der Waals surface area contributed by atoms with E-state index < -0.39 is 5.97 Å². The maximum absolute atomic E-state index is 12.0. The fourth-order valence-electron chi connectivity index (χ4n) is 2.00. The monoisotopic (exact) mass is 273 g/mol. The summed E-state index contributed by atoms with van der Waals surface area (Å²) in [5, 5.41) is 8.10. The van der Waals surface area contributed by atoms with E-state index in [1.165, 1.54) is 0 Å². The standard InChI is InChI=1S/C15H19N3O2/c1-3-5-11-18-14(12-9-7-6-8-10-12)13(16-17-18)15(19)20-4-2/h6-10H,3-5,11H2,1-2H3. The van der Waals surface area contributed by atoms with E-state index in [0.29, 0.717) is 6.61 Å². The number of benzene rings is 1. The third kappa shape index (κ3) is 3.04. The minimum atomic E-state index is -0.422. The van der Waals surface area contributed by atoms with Crippen molar-refractivity contribution in [1.82, 2.24) is 15.0 Å². The van der Waals surface area contributed by atoms with E-state index in [1.807, 2.05) is 30.3 Å². The Balaban J connectivity index is 2.43. The first-order valence-corrected chi connectivity index (χ1v) is 6.94. The Bertz CT molecular complexity index is 564. The number of nitrogens with zero attached hydrogens (tertiary/aromatic N) is 3. The molecule has 2 aromatic rings. The number of hydrogen-bond donors (Lipinski definition) is 0. The first-order chi connectivity index (χ1) is 9.77. The quantitative estimate of drug-likeness (QED) is 0.759. The van der Waals surface area contributed by atoms with Gasteiger partial charge in [-0.2, -0.15) is 0 Å². The minimum absolute atomic E-state index is 0.286. The molecular formula is C15H19N3O2. The lowest BCUT2D eigenvalue weighted by Crippen LogP contribution is -2.08. The van der Waals surface area contributed by atoms with Crippen molar-refractivity contribution in [2.75, 3.05) is 6.61 Å². The molecule has 5 heteroatoms. The zero-order valence-electron chi connectivity index (χ0n) is 11.9. The first-order valence-electron chi connectivity index (χ1n) is 6.94. The summed E-state index contributed by atoms with van der Waals surface area (Å²) in [6, 6.07) is 9.70. The fourth-order valence-corrected chi connectivity index (χ4v) is 2.00. The van der Waals surface area contributed by atoms with Crippen LogP contribution in [0.5, 0.6) is 0 Å². The second-order valence-corrected chi connectivity index (χ2v) is 4.45. The number of esters is 1. The highest BCUT2D eigenvalue weighted by Crippen LogP contribution is 2.23. The molecule has 0 radical (unpaired) electrons. The van der Waals surface area contributed by atoms with Gasteiger partial charge >= 0.3 is 5.97 Å². The number of carbonyl (C=O) groups is 1. The van der Waals surface area contributed by atoms with Crippen molar-refractivity contribution in [3.8, 4) is 11.3 Å². The van der Waals surface area contributed by atoms with Crippen molar-refractivity contribution in [3.05, 3.63) is 36.0 Å². The van der Waals surface area contributed by atoms with Gasteiger partial charge < -0.3 is 4.74 Å². The summed E-state index contributed by atoms with van der Waals surface area (Å²) >= 11 is 0. The van der Waals surface area contributed by atoms with Gasteiger partial charge in [0.2, 0.25) is 0 Å². The van der Waals surface area contributed by atoms with Gasteiger partial charge in [-0.1, -0.05) is 48.9 Å². The van der Waals surface area contributed by atoms with E-state index in [9.17, 15) is 4.79 Å². The van der Waals surface area contributed by atoms with Crippen molar-refractivity contribution in [2.45, 2.75) is 33.2 Å². The van der Waals surface area contributed by atoms with E-state index in [4.69, 9.17) is 4.74 Å². The van der Waals surface area contributed by atoms with Crippen LogP contribution in [0.2, 0.25) is 0 Å². The Morgan fingerprint density at radius 2 is 2.00 bits per heavy atom. The van der Waals surface area contributed by atoms with Gasteiger partial charge in [0.1, 0.15) is 5.69 Å². The lowest BCUT2D eigenvalue weighted by Gasteiger charge is -2.07. The fraction of sp³-hybridized carbons (Fsp3) is 0.400. The summed E-state index contributed by atoms with van der Waals surface area (Å²) in [7, 11) is 0. The predicted molar refractivity (Wildman–Crippen MR) is 76.3 cm³/mol. The third-order valence-electron chi connectivity index (χ3n) is 2.97. The van der Waals surface area contributed by atoms with Crippen LogP contribution in [0.4, 0.5) is 0 Å². The molecule has 0 saturated heterocycles. The highest BCUT2D eigenvalue weighted by atomic mass is 16.5. The molecule has 0 bridgehead atoms. The molecule has 20 heavy (non-hydrogen) atoms. The Morgan fingerprint density at radius 1 is 1.25 bits per heavy atom. The van der Waals surface area contributed by atoms with Gasteiger partial charge in [-0.05, 0) is 13.3 Å². The van der Waals surface area contributed by atoms with Crippen LogP contribution >= 0.6 is 0 Å². The number of unbranched alkanes of at least 4 members (excludes halogenated alkanes) is 1. The molecule has 1 heterocycles. The topological polar surface area (TPSA) is 57.0 Å². The number of aryl methyl sites for hydroxylation is 1. The third-order valence-corrected chi connectivity index (χ3v) is 2.97. The second-order valence-electron chi connectivity index (χ2n) is 4.45. The van der Waals surface area contributed by atoms with Crippen molar-refractivity contribution in [3.63, 3.8) is 0 Å². The second kappa shape index (κ2) is 6.84. The highest BCUT2D eigenvalue weighted by molar-refractivity contribution is 5.94. The summed E-state index contributed by atoms with van der Waals surface area (Å²) in [5.74, 6) is -0.422. The molecule has 0 atom stereocenters. The average Bonchev–Trinajstić information content (AvgIpc) is 2.90. The van der Waals surface area contributed by atoms with E-state index in [1.54, 1.807) is 11.6 Å². The smallest absolute Gasteiger partial charge is 0.361 e. The van der Waals surface area contributed by atoms with Gasteiger partial charge in [0.25, 0.3) is 0 Å². The van der Waals surface area contributed by atoms with Crippen molar-refractivity contribution < 1.29 is 9.53 Å². The van der Waals surface area contributed by atoms with E-state index in [0.717, 1.165) is 30.6 Å². The lowest BCUT2D eigenvalue weighted by molar-refractivity contribution is 0.0520. The molecule has 2 rings (SSSR count). The molecule has 0 saturated carbocycles. The molecule has 0 aliphatic rings. The number of rotatable bonds is 6. The Hall–Kier alpha value is -2.17. The summed E-state index contributed by atoms with van der Waals surface area (Å²) in [5.41, 5.74) is 1.95. The van der Waals surface area contributed by atoms with E-state index in [2.05, 4.69) is 17.2 Å². The van der Waals surface area contributed by atoms with Gasteiger partial charge in [-0.15, -0.1) is 5.10 Å². The Kier molecular flexibility index (Phi) is 4.87. The van der Waals surface area contributed by atoms with E-state index in [-0.39, 0.29) is 5.69 Å². The normalized spacial score (nSPS) is 10.5. The molecule has 1 aromatic carbocycles. The number of hydrogen-bond acceptors (Lipinski definition) is 4. The molecule has 1 aromatic heterocycles. The van der Waals surface area contributed by atoms with Crippen LogP contribution in [0, 0.1) is 0 Å². The Labute approximate surface area is 118 Å². The lowest BCUT2D eigenvalue weighted by atomic mass is 10.1. The minimum Gasteiger partial charge on any atom is -0.461 e. The zero-order chi connectivity index (χ0) is 14.4. The van der Waals surface area contributed by atoms with Crippen LogP contribution in [-0.4, -0.2) is 27.6 Å². The number of ether oxygens (including phenoxy) is 1. The summed E-state index contributed by atoms with van der Waals surface area (Å²) < 4.78 is 6.84. The van der Waals surface area contributed by atoms with Crippen LogP contribution < -0.4 is 0 Å². The maximum atomic E-state index is 12.0. The van der Waals surface area contributed by atoms with Crippen molar-refractivity contribution >= 4 is 5.97 Å². The summed E-state index contributed by atoms with van der Waals surface area (Å²) in [4.78, 5) is 12.0. The first kappa shape index (κ1) is 14.2. The summed E-state index contributed by atoms with van der Waals surface area (Å²) in [6.07, 6.45) is 2.05. The number of carbonyl (C=O) groups excluding carboxylic acids is 1. The van der Waals surface area contributed by atoms with Gasteiger partial charge in [0.05, 0.1) is 6.61 Å². The largest absolute Gasteiger partial charge is 0.461 e. The molecule has 0 N–H and O–H groups in total. The molecule has 0 aliphatic heterocycles. The molecule has 106 valence electrons. The summed E-state index contributed by atoms with van der Waals surface area (Å²) in [6.45, 7) is 4.97. The van der Waals surface area contributed by atoms with Gasteiger partial charge in [-0.25, -0.2) is 9.48 Å². The molecule has 0 amide bonds. The predicted octanol–water partition coefficient (Wildman–Crippen LogP) is 2.92. The van der Waals surface area contributed by atoms with Crippen LogP contribution in [0.25, 0.3) is 11.3 Å². The van der Waals surface area contributed by atoms with E-state index >= 15 is 0 Å². The molecular weight excluding hydrogens is 254 g/mol. The molecule has 0 spiro atoms. The molecule has 5 nitrogen and oxygen atoms in total. The van der Waals surface area contributed by atoms with Crippen LogP contribution in [0.1, 0.15) is 37.2 Å². The van der Waals surface area contributed by atoms with Crippen LogP contribution in [-0.2, 0) is 11.3 Å². The molecule has 0 fully saturated rings. The van der Waals surface area contributed by atoms with Gasteiger partial charge in [0, 0.05) is 12.1 Å².